The van der Waals surface area contributed by atoms with Crippen LogP contribution < -0.4 is 5.32 Å². The van der Waals surface area contributed by atoms with Crippen molar-refractivity contribution in [2.45, 2.75) is 13.8 Å². The summed E-state index contributed by atoms with van der Waals surface area (Å²) in [6.45, 7) is 4.42. The lowest BCUT2D eigenvalue weighted by Crippen LogP contribution is -2.24. The fourth-order valence-electron chi connectivity index (χ4n) is 1.22. The number of hydrogen-bond acceptors (Lipinski definition) is 1. The number of amides is 1. The molecule has 15 heavy (non-hydrogen) atoms. The maximum atomic E-state index is 11.7. The molecule has 0 saturated heterocycles. The Hall–Kier alpha value is -1.09. The van der Waals surface area contributed by atoms with Gasteiger partial charge in [0.05, 0.1) is 0 Å². The van der Waals surface area contributed by atoms with Gasteiger partial charge in [0, 0.05) is 16.6 Å². The zero-order valence-corrected chi connectivity index (χ0v) is 10.5. The van der Waals surface area contributed by atoms with Gasteiger partial charge >= 0.3 is 0 Å². The highest BCUT2D eigenvalue weighted by Gasteiger charge is 2.08. The number of halogens is 1. The zero-order chi connectivity index (χ0) is 11.3. The lowest BCUT2D eigenvalue weighted by molar-refractivity contribution is 0.0957. The molecule has 0 fully saturated rings. The van der Waals surface area contributed by atoms with E-state index in [0.29, 0.717) is 12.1 Å². The Morgan fingerprint density at radius 2 is 2.27 bits per heavy atom. The predicted molar refractivity (Wildman–Crippen MR) is 66.0 cm³/mol. The van der Waals surface area contributed by atoms with Gasteiger partial charge in [-0.2, -0.15) is 0 Å². The minimum Gasteiger partial charge on any atom is -0.349 e. The second kappa shape index (κ2) is 5.71. The van der Waals surface area contributed by atoms with Gasteiger partial charge in [0.1, 0.15) is 0 Å². The minimum atomic E-state index is -0.0353. The molecule has 0 unspecified atom stereocenters. The number of allylic oxidation sites excluding steroid dienone is 1. The molecule has 0 aliphatic rings. The summed E-state index contributed by atoms with van der Waals surface area (Å²) in [6, 6.07) is 5.62. The van der Waals surface area contributed by atoms with Gasteiger partial charge in [-0.25, -0.2) is 0 Å². The van der Waals surface area contributed by atoms with E-state index >= 15 is 0 Å². The summed E-state index contributed by atoms with van der Waals surface area (Å²) in [4.78, 5) is 11.7. The molecule has 0 radical (unpaired) electrons. The van der Waals surface area contributed by atoms with Crippen molar-refractivity contribution >= 4 is 21.8 Å². The Balaban J connectivity index is 2.78. The molecule has 0 bridgehead atoms. The van der Waals surface area contributed by atoms with E-state index in [9.17, 15) is 4.79 Å². The number of hydrogen-bond donors (Lipinski definition) is 1. The third kappa shape index (κ3) is 3.20. The van der Waals surface area contributed by atoms with Gasteiger partial charge < -0.3 is 5.32 Å². The van der Waals surface area contributed by atoms with Crippen LogP contribution in [0.15, 0.2) is 34.8 Å². The van der Waals surface area contributed by atoms with Gasteiger partial charge in [-0.05, 0) is 31.5 Å². The monoisotopic (exact) mass is 267 g/mol. The van der Waals surface area contributed by atoms with Crippen LogP contribution in [0, 0.1) is 6.92 Å². The SMILES string of the molecule is C/C=C/CNC(=O)c1cccc(Br)c1C. The van der Waals surface area contributed by atoms with Gasteiger partial charge in [-0.1, -0.05) is 34.1 Å². The first-order chi connectivity index (χ1) is 7.16. The van der Waals surface area contributed by atoms with E-state index in [1.54, 1.807) is 0 Å². The summed E-state index contributed by atoms with van der Waals surface area (Å²) in [7, 11) is 0. The highest BCUT2D eigenvalue weighted by Crippen LogP contribution is 2.19. The van der Waals surface area contributed by atoms with Crippen LogP contribution in [-0.2, 0) is 0 Å². The molecule has 1 amide bonds. The largest absolute Gasteiger partial charge is 0.349 e. The molecule has 0 aliphatic heterocycles. The van der Waals surface area contributed by atoms with Crippen LogP contribution in [0.2, 0.25) is 0 Å². The molecule has 0 saturated carbocycles. The van der Waals surface area contributed by atoms with Crippen LogP contribution in [0.5, 0.6) is 0 Å². The molecule has 2 nitrogen and oxygen atoms in total. The van der Waals surface area contributed by atoms with Crippen LogP contribution in [0.1, 0.15) is 22.8 Å². The summed E-state index contributed by atoms with van der Waals surface area (Å²) < 4.78 is 0.959. The van der Waals surface area contributed by atoms with Gasteiger partial charge in [0.2, 0.25) is 0 Å². The van der Waals surface area contributed by atoms with Crippen molar-refractivity contribution < 1.29 is 4.79 Å². The second-order valence-electron chi connectivity index (χ2n) is 3.19. The fraction of sp³-hybridized carbons (Fsp3) is 0.250. The summed E-state index contributed by atoms with van der Waals surface area (Å²) in [5, 5.41) is 2.82. The number of carbonyl (C=O) groups is 1. The standard InChI is InChI=1S/C12H14BrNO/c1-3-4-8-14-12(15)10-6-5-7-11(13)9(10)2/h3-7H,8H2,1-2H3,(H,14,15)/b4-3+. The molecule has 1 rings (SSSR count). The number of carbonyl (C=O) groups excluding carboxylic acids is 1. The second-order valence-corrected chi connectivity index (χ2v) is 4.05. The molecule has 0 heterocycles. The van der Waals surface area contributed by atoms with Crippen molar-refractivity contribution in [2.24, 2.45) is 0 Å². The van der Waals surface area contributed by atoms with Gasteiger partial charge in [-0.15, -0.1) is 0 Å². The Morgan fingerprint density at radius 3 is 2.93 bits per heavy atom. The third-order valence-corrected chi connectivity index (χ3v) is 2.99. The summed E-state index contributed by atoms with van der Waals surface area (Å²) >= 11 is 3.40. The van der Waals surface area contributed by atoms with E-state index in [-0.39, 0.29) is 5.91 Å². The van der Waals surface area contributed by atoms with Crippen LogP contribution in [0.4, 0.5) is 0 Å². The Morgan fingerprint density at radius 1 is 1.53 bits per heavy atom. The highest BCUT2D eigenvalue weighted by atomic mass is 79.9. The molecule has 3 heteroatoms. The minimum absolute atomic E-state index is 0.0353. The van der Waals surface area contributed by atoms with Crippen molar-refractivity contribution in [1.29, 1.82) is 0 Å². The Kier molecular flexibility index (Phi) is 4.56. The Bertz CT molecular complexity index is 385. The third-order valence-electron chi connectivity index (χ3n) is 2.13. The van der Waals surface area contributed by atoms with Crippen molar-refractivity contribution in [3.05, 3.63) is 46.0 Å². The summed E-state index contributed by atoms with van der Waals surface area (Å²) in [6.07, 6.45) is 3.82. The fourth-order valence-corrected chi connectivity index (χ4v) is 1.58. The van der Waals surface area contributed by atoms with E-state index in [4.69, 9.17) is 0 Å². The average Bonchev–Trinajstić information content (AvgIpc) is 2.22. The maximum Gasteiger partial charge on any atom is 0.251 e. The molecule has 0 atom stereocenters. The van der Waals surface area contributed by atoms with E-state index in [1.165, 1.54) is 0 Å². The topological polar surface area (TPSA) is 29.1 Å². The van der Waals surface area contributed by atoms with Gasteiger partial charge in [0.15, 0.2) is 0 Å². The highest BCUT2D eigenvalue weighted by molar-refractivity contribution is 9.10. The smallest absolute Gasteiger partial charge is 0.251 e. The average molecular weight is 268 g/mol. The maximum absolute atomic E-state index is 11.7. The molecule has 0 aliphatic carbocycles. The lowest BCUT2D eigenvalue weighted by Gasteiger charge is -2.07. The molecule has 1 aromatic carbocycles. The molecule has 0 spiro atoms. The summed E-state index contributed by atoms with van der Waals surface area (Å²) in [5.41, 5.74) is 1.68. The predicted octanol–water partition coefficient (Wildman–Crippen LogP) is 3.06. The van der Waals surface area contributed by atoms with E-state index < -0.39 is 0 Å². The van der Waals surface area contributed by atoms with E-state index in [0.717, 1.165) is 10.0 Å². The first-order valence-electron chi connectivity index (χ1n) is 4.81. The van der Waals surface area contributed by atoms with E-state index in [1.807, 2.05) is 44.2 Å². The van der Waals surface area contributed by atoms with Gasteiger partial charge in [-0.3, -0.25) is 4.79 Å². The van der Waals surface area contributed by atoms with Crippen LogP contribution in [-0.4, -0.2) is 12.5 Å². The normalized spacial score (nSPS) is 10.6. The molecule has 1 aromatic rings. The number of benzene rings is 1. The zero-order valence-electron chi connectivity index (χ0n) is 8.88. The first-order valence-corrected chi connectivity index (χ1v) is 5.60. The van der Waals surface area contributed by atoms with Crippen LogP contribution >= 0.6 is 15.9 Å². The van der Waals surface area contributed by atoms with Crippen molar-refractivity contribution in [3.63, 3.8) is 0 Å². The van der Waals surface area contributed by atoms with Crippen molar-refractivity contribution in [2.75, 3.05) is 6.54 Å². The molecule has 1 N–H and O–H groups in total. The molecular weight excluding hydrogens is 254 g/mol. The molecular formula is C12H14BrNO. The summed E-state index contributed by atoms with van der Waals surface area (Å²) in [5.74, 6) is -0.0353. The lowest BCUT2D eigenvalue weighted by atomic mass is 10.1. The van der Waals surface area contributed by atoms with Crippen LogP contribution in [0.25, 0.3) is 0 Å². The number of nitrogens with one attached hydrogen (secondary N) is 1. The molecule has 0 aromatic heterocycles. The first kappa shape index (κ1) is 12.0. The van der Waals surface area contributed by atoms with Crippen molar-refractivity contribution in [3.8, 4) is 0 Å². The Labute approximate surface area is 98.5 Å². The van der Waals surface area contributed by atoms with Crippen LogP contribution in [0.3, 0.4) is 0 Å². The quantitative estimate of drug-likeness (QED) is 0.839. The van der Waals surface area contributed by atoms with Gasteiger partial charge in [0.25, 0.3) is 5.91 Å². The van der Waals surface area contributed by atoms with E-state index in [2.05, 4.69) is 21.2 Å². The molecule has 80 valence electrons. The number of rotatable bonds is 3. The van der Waals surface area contributed by atoms with Crippen molar-refractivity contribution in [1.82, 2.24) is 5.32 Å².